The maximum absolute atomic E-state index is 13.1. The molecule has 3 aromatic rings. The Labute approximate surface area is 175 Å². The zero-order valence-electron chi connectivity index (χ0n) is 17.4. The van der Waals surface area contributed by atoms with Crippen molar-refractivity contribution in [2.75, 3.05) is 32.7 Å². The van der Waals surface area contributed by atoms with E-state index < -0.39 is 0 Å². The van der Waals surface area contributed by atoms with Gasteiger partial charge in [0.2, 0.25) is 0 Å². The third-order valence-electron chi connectivity index (χ3n) is 5.53. The summed E-state index contributed by atoms with van der Waals surface area (Å²) in [5, 5.41) is 7.04. The van der Waals surface area contributed by atoms with Gasteiger partial charge in [-0.05, 0) is 30.3 Å². The minimum absolute atomic E-state index is 0.0489. The lowest BCUT2D eigenvalue weighted by Gasteiger charge is -2.34. The summed E-state index contributed by atoms with van der Waals surface area (Å²) in [7, 11) is 0. The Morgan fingerprint density at radius 2 is 1.87 bits per heavy atom. The maximum atomic E-state index is 13.1. The molecule has 0 atom stereocenters. The number of nitrogens with one attached hydrogen (secondary N) is 1. The molecule has 1 aromatic carbocycles. The SMILES string of the molecule is CC(C)c1nccn1CCN1CCN(C(=O)c2cc(-c3ccc(F)cc3)n[nH]2)CC1. The lowest BCUT2D eigenvalue weighted by Crippen LogP contribution is -2.49. The highest BCUT2D eigenvalue weighted by Crippen LogP contribution is 2.19. The Bertz CT molecular complexity index is 985. The first kappa shape index (κ1) is 20.3. The molecule has 4 rings (SSSR count). The summed E-state index contributed by atoms with van der Waals surface area (Å²) in [6.45, 7) is 9.21. The number of imidazole rings is 1. The average molecular weight is 410 g/mol. The van der Waals surface area contributed by atoms with Crippen molar-refractivity contribution in [1.82, 2.24) is 29.5 Å². The number of amides is 1. The number of hydrogen-bond donors (Lipinski definition) is 1. The van der Waals surface area contributed by atoms with Crippen molar-refractivity contribution in [3.8, 4) is 11.3 Å². The Kier molecular flexibility index (Phi) is 5.94. The first-order chi connectivity index (χ1) is 14.5. The van der Waals surface area contributed by atoms with Gasteiger partial charge < -0.3 is 9.47 Å². The number of piperazine rings is 1. The highest BCUT2D eigenvalue weighted by atomic mass is 19.1. The van der Waals surface area contributed by atoms with E-state index in [1.54, 1.807) is 18.2 Å². The molecule has 0 aliphatic carbocycles. The van der Waals surface area contributed by atoms with Crippen LogP contribution in [0, 0.1) is 5.82 Å². The third-order valence-corrected chi connectivity index (χ3v) is 5.53. The Morgan fingerprint density at radius 1 is 1.13 bits per heavy atom. The Morgan fingerprint density at radius 3 is 2.57 bits per heavy atom. The van der Waals surface area contributed by atoms with E-state index in [9.17, 15) is 9.18 Å². The fraction of sp³-hybridized carbons (Fsp3) is 0.409. The van der Waals surface area contributed by atoms with Crippen LogP contribution in [0.15, 0.2) is 42.7 Å². The van der Waals surface area contributed by atoms with Gasteiger partial charge in [0.1, 0.15) is 17.3 Å². The van der Waals surface area contributed by atoms with Gasteiger partial charge in [-0.25, -0.2) is 9.37 Å². The molecule has 1 N–H and O–H groups in total. The number of halogens is 1. The third kappa shape index (κ3) is 4.43. The molecule has 1 fully saturated rings. The number of aromatic amines is 1. The second kappa shape index (κ2) is 8.79. The predicted molar refractivity (Wildman–Crippen MR) is 113 cm³/mol. The summed E-state index contributed by atoms with van der Waals surface area (Å²) >= 11 is 0. The lowest BCUT2D eigenvalue weighted by molar-refractivity contribution is 0.0627. The van der Waals surface area contributed by atoms with E-state index in [0.29, 0.717) is 30.4 Å². The highest BCUT2D eigenvalue weighted by molar-refractivity contribution is 5.93. The summed E-state index contributed by atoms with van der Waals surface area (Å²) in [6.07, 6.45) is 3.89. The number of aromatic nitrogens is 4. The molecule has 3 heterocycles. The van der Waals surface area contributed by atoms with Crippen LogP contribution in [0.4, 0.5) is 4.39 Å². The van der Waals surface area contributed by atoms with E-state index >= 15 is 0 Å². The Hall–Kier alpha value is -3.00. The van der Waals surface area contributed by atoms with Crippen molar-refractivity contribution in [2.24, 2.45) is 0 Å². The molecule has 7 nitrogen and oxygen atoms in total. The van der Waals surface area contributed by atoms with Gasteiger partial charge in [0.05, 0.1) is 5.69 Å². The van der Waals surface area contributed by atoms with Crippen LogP contribution >= 0.6 is 0 Å². The molecule has 30 heavy (non-hydrogen) atoms. The van der Waals surface area contributed by atoms with E-state index in [2.05, 4.69) is 38.5 Å². The van der Waals surface area contributed by atoms with E-state index in [0.717, 1.165) is 37.6 Å². The van der Waals surface area contributed by atoms with Crippen molar-refractivity contribution in [1.29, 1.82) is 0 Å². The zero-order valence-corrected chi connectivity index (χ0v) is 17.4. The summed E-state index contributed by atoms with van der Waals surface area (Å²) < 4.78 is 15.3. The molecule has 1 amide bonds. The van der Waals surface area contributed by atoms with E-state index in [4.69, 9.17) is 0 Å². The molecule has 1 saturated heterocycles. The number of nitrogens with zero attached hydrogens (tertiary/aromatic N) is 5. The molecule has 0 radical (unpaired) electrons. The molecular formula is C22H27FN6O. The summed E-state index contributed by atoms with van der Waals surface area (Å²) in [4.78, 5) is 21.5. The smallest absolute Gasteiger partial charge is 0.271 e. The molecule has 0 bridgehead atoms. The van der Waals surface area contributed by atoms with Crippen LogP contribution in [0.3, 0.4) is 0 Å². The highest BCUT2D eigenvalue weighted by Gasteiger charge is 2.23. The van der Waals surface area contributed by atoms with Gasteiger partial charge in [0.15, 0.2) is 0 Å². The average Bonchev–Trinajstić information content (AvgIpc) is 3.42. The Balaban J connectivity index is 1.30. The minimum atomic E-state index is -0.295. The van der Waals surface area contributed by atoms with Crippen LogP contribution in [0.1, 0.15) is 36.1 Å². The fourth-order valence-electron chi connectivity index (χ4n) is 3.80. The molecule has 1 aliphatic heterocycles. The van der Waals surface area contributed by atoms with Crippen molar-refractivity contribution in [3.63, 3.8) is 0 Å². The largest absolute Gasteiger partial charge is 0.335 e. The van der Waals surface area contributed by atoms with Crippen molar-refractivity contribution >= 4 is 5.91 Å². The number of H-pyrrole nitrogens is 1. The van der Waals surface area contributed by atoms with Crippen LogP contribution in [0.25, 0.3) is 11.3 Å². The van der Waals surface area contributed by atoms with Gasteiger partial charge >= 0.3 is 0 Å². The normalized spacial score (nSPS) is 15.1. The summed E-state index contributed by atoms with van der Waals surface area (Å²) in [6, 6.07) is 7.82. The molecule has 2 aromatic heterocycles. The second-order valence-electron chi connectivity index (χ2n) is 7.94. The van der Waals surface area contributed by atoms with Crippen LogP contribution in [0.2, 0.25) is 0 Å². The molecule has 0 unspecified atom stereocenters. The lowest BCUT2D eigenvalue weighted by atomic mass is 10.1. The van der Waals surface area contributed by atoms with Crippen molar-refractivity contribution < 1.29 is 9.18 Å². The van der Waals surface area contributed by atoms with Gasteiger partial charge in [-0.2, -0.15) is 5.10 Å². The monoisotopic (exact) mass is 410 g/mol. The number of rotatable bonds is 6. The topological polar surface area (TPSA) is 70.1 Å². The van der Waals surface area contributed by atoms with Crippen molar-refractivity contribution in [3.05, 3.63) is 60.1 Å². The molecule has 0 spiro atoms. The standard InChI is InChI=1S/C22H27FN6O/c1-16(2)21-24-7-8-28(21)12-9-27-10-13-29(14-11-27)22(30)20-15-19(25-26-20)17-3-5-18(23)6-4-17/h3-8,15-16H,9-14H2,1-2H3,(H,25,26). The van der Waals surface area contributed by atoms with Gasteiger partial charge in [-0.3, -0.25) is 14.8 Å². The van der Waals surface area contributed by atoms with E-state index in [-0.39, 0.29) is 11.7 Å². The molecule has 0 saturated carbocycles. The van der Waals surface area contributed by atoms with Crippen molar-refractivity contribution in [2.45, 2.75) is 26.3 Å². The summed E-state index contributed by atoms with van der Waals surface area (Å²) in [5.41, 5.74) is 1.87. The molecule has 8 heteroatoms. The van der Waals surface area contributed by atoms with Crippen LogP contribution < -0.4 is 0 Å². The zero-order chi connectivity index (χ0) is 21.1. The minimum Gasteiger partial charge on any atom is -0.335 e. The van der Waals surface area contributed by atoms with E-state index in [1.807, 2.05) is 17.3 Å². The molecular weight excluding hydrogens is 383 g/mol. The number of benzene rings is 1. The van der Waals surface area contributed by atoms with Gasteiger partial charge in [-0.1, -0.05) is 13.8 Å². The summed E-state index contributed by atoms with van der Waals surface area (Å²) in [5.74, 6) is 1.17. The van der Waals surface area contributed by atoms with Gasteiger partial charge in [0, 0.05) is 63.1 Å². The van der Waals surface area contributed by atoms with Crippen LogP contribution in [0.5, 0.6) is 0 Å². The fourth-order valence-corrected chi connectivity index (χ4v) is 3.80. The first-order valence-electron chi connectivity index (χ1n) is 10.4. The predicted octanol–water partition coefficient (Wildman–Crippen LogP) is 2.99. The quantitative estimate of drug-likeness (QED) is 0.678. The number of carbonyl (C=O) groups is 1. The van der Waals surface area contributed by atoms with Gasteiger partial charge in [0.25, 0.3) is 5.91 Å². The number of hydrogen-bond acceptors (Lipinski definition) is 4. The van der Waals surface area contributed by atoms with Gasteiger partial charge in [-0.15, -0.1) is 0 Å². The first-order valence-corrected chi connectivity index (χ1v) is 10.4. The molecule has 1 aliphatic rings. The second-order valence-corrected chi connectivity index (χ2v) is 7.94. The van der Waals surface area contributed by atoms with E-state index in [1.165, 1.54) is 12.1 Å². The number of carbonyl (C=O) groups excluding carboxylic acids is 1. The molecule has 158 valence electrons. The maximum Gasteiger partial charge on any atom is 0.271 e. The van der Waals surface area contributed by atoms with Crippen LogP contribution in [-0.4, -0.2) is 68.2 Å². The van der Waals surface area contributed by atoms with Crippen LogP contribution in [-0.2, 0) is 6.54 Å².